The minimum absolute atomic E-state index is 0.646. The number of hydrogen-bond donors (Lipinski definition) is 1. The summed E-state index contributed by atoms with van der Waals surface area (Å²) in [5, 5.41) is 4.39. The number of pyridine rings is 1. The van der Waals surface area contributed by atoms with Gasteiger partial charge in [-0.15, -0.1) is 0 Å². The largest absolute Gasteiger partial charge is 0.378 e. The van der Waals surface area contributed by atoms with Crippen molar-refractivity contribution in [3.63, 3.8) is 0 Å². The molecule has 0 amide bonds. The lowest BCUT2D eigenvalue weighted by molar-refractivity contribution is 0.122. The molecule has 1 aromatic carbocycles. The van der Waals surface area contributed by atoms with Crippen molar-refractivity contribution in [1.82, 2.24) is 19.4 Å². The molecule has 1 aliphatic rings. The van der Waals surface area contributed by atoms with Gasteiger partial charge in [0.1, 0.15) is 0 Å². The van der Waals surface area contributed by atoms with Crippen LogP contribution in [0.2, 0.25) is 0 Å². The number of imidazole rings is 1. The van der Waals surface area contributed by atoms with Crippen LogP contribution in [0, 0.1) is 6.92 Å². The summed E-state index contributed by atoms with van der Waals surface area (Å²) in [5.74, 6) is 1.46. The number of fused-ring (bicyclic) bond motifs is 1. The van der Waals surface area contributed by atoms with E-state index >= 15 is 0 Å². The third-order valence-electron chi connectivity index (χ3n) is 5.12. The van der Waals surface area contributed by atoms with Crippen molar-refractivity contribution < 1.29 is 4.74 Å². The molecule has 8 heteroatoms. The number of nitrogens with zero attached hydrogens (tertiary/aromatic N) is 6. The Labute approximate surface area is 180 Å². The van der Waals surface area contributed by atoms with Crippen LogP contribution in [0.3, 0.4) is 0 Å². The van der Waals surface area contributed by atoms with E-state index in [0.29, 0.717) is 19.0 Å². The number of rotatable bonds is 5. The van der Waals surface area contributed by atoms with Crippen LogP contribution in [0.5, 0.6) is 0 Å². The van der Waals surface area contributed by atoms with Crippen LogP contribution in [-0.2, 0) is 4.74 Å². The van der Waals surface area contributed by atoms with Crippen molar-refractivity contribution in [3.8, 4) is 11.3 Å². The summed E-state index contributed by atoms with van der Waals surface area (Å²) in [4.78, 5) is 16.1. The van der Waals surface area contributed by atoms with Gasteiger partial charge in [0.05, 0.1) is 31.3 Å². The zero-order chi connectivity index (χ0) is 21.0. The lowest BCUT2D eigenvalue weighted by Gasteiger charge is -2.28. The monoisotopic (exact) mass is 413 g/mol. The molecule has 0 atom stereocenters. The van der Waals surface area contributed by atoms with Gasteiger partial charge in [-0.1, -0.05) is 29.8 Å². The van der Waals surface area contributed by atoms with E-state index in [9.17, 15) is 0 Å². The van der Waals surface area contributed by atoms with E-state index in [1.807, 2.05) is 47.3 Å². The molecule has 1 aliphatic heterocycles. The predicted octanol–water partition coefficient (Wildman–Crippen LogP) is 3.38. The van der Waals surface area contributed by atoms with Crippen molar-refractivity contribution in [3.05, 3.63) is 72.3 Å². The average Bonchev–Trinajstić information content (AvgIpc) is 3.24. The van der Waals surface area contributed by atoms with Crippen molar-refractivity contribution in [2.24, 2.45) is 5.10 Å². The van der Waals surface area contributed by atoms with E-state index in [2.05, 4.69) is 39.5 Å². The van der Waals surface area contributed by atoms with Gasteiger partial charge in [-0.3, -0.25) is 14.8 Å². The third-order valence-corrected chi connectivity index (χ3v) is 5.12. The quantitative estimate of drug-likeness (QED) is 0.399. The van der Waals surface area contributed by atoms with E-state index in [4.69, 9.17) is 14.7 Å². The SMILES string of the molecule is Cc1cccc(/C=N/Nc2cn3cc(-c4cccnc4)nc3c(N3CCOCC3)n2)c1. The molecule has 0 bridgehead atoms. The van der Waals surface area contributed by atoms with E-state index in [1.54, 1.807) is 12.4 Å². The van der Waals surface area contributed by atoms with Crippen LogP contribution < -0.4 is 10.3 Å². The zero-order valence-corrected chi connectivity index (χ0v) is 17.3. The van der Waals surface area contributed by atoms with Crippen LogP contribution in [0.1, 0.15) is 11.1 Å². The van der Waals surface area contributed by atoms with Gasteiger partial charge >= 0.3 is 0 Å². The average molecular weight is 413 g/mol. The molecule has 0 aliphatic carbocycles. The number of nitrogens with one attached hydrogen (secondary N) is 1. The highest BCUT2D eigenvalue weighted by atomic mass is 16.5. The van der Waals surface area contributed by atoms with Crippen molar-refractivity contribution in [1.29, 1.82) is 0 Å². The maximum absolute atomic E-state index is 5.52. The van der Waals surface area contributed by atoms with Gasteiger partial charge in [0.15, 0.2) is 17.3 Å². The molecule has 3 aromatic heterocycles. The summed E-state index contributed by atoms with van der Waals surface area (Å²) < 4.78 is 7.51. The van der Waals surface area contributed by atoms with E-state index < -0.39 is 0 Å². The van der Waals surface area contributed by atoms with Gasteiger partial charge in [-0.05, 0) is 24.6 Å². The highest BCUT2D eigenvalue weighted by Gasteiger charge is 2.19. The van der Waals surface area contributed by atoms with Crippen molar-refractivity contribution in [2.45, 2.75) is 6.92 Å². The molecule has 0 radical (unpaired) electrons. The number of morpholine rings is 1. The van der Waals surface area contributed by atoms with Crippen LogP contribution in [0.25, 0.3) is 16.9 Å². The Kier molecular flexibility index (Phi) is 5.28. The fraction of sp³-hybridized carbons (Fsp3) is 0.217. The molecular formula is C23H23N7O. The highest BCUT2D eigenvalue weighted by Crippen LogP contribution is 2.26. The van der Waals surface area contributed by atoms with Gasteiger partial charge in [0.2, 0.25) is 0 Å². The van der Waals surface area contributed by atoms with Crippen LogP contribution in [0.15, 0.2) is 66.3 Å². The van der Waals surface area contributed by atoms with E-state index in [1.165, 1.54) is 5.56 Å². The maximum Gasteiger partial charge on any atom is 0.181 e. The second-order valence-electron chi connectivity index (χ2n) is 7.43. The molecular weight excluding hydrogens is 390 g/mol. The first-order valence-electron chi connectivity index (χ1n) is 10.2. The topological polar surface area (TPSA) is 79.9 Å². The minimum atomic E-state index is 0.646. The molecule has 31 heavy (non-hydrogen) atoms. The Bertz CT molecular complexity index is 1210. The summed E-state index contributed by atoms with van der Waals surface area (Å²) in [6, 6.07) is 12.1. The summed E-state index contributed by atoms with van der Waals surface area (Å²) in [6.07, 6.45) is 9.26. The molecule has 0 unspecified atom stereocenters. The smallest absolute Gasteiger partial charge is 0.181 e. The molecule has 5 rings (SSSR count). The van der Waals surface area contributed by atoms with E-state index in [0.717, 1.165) is 41.4 Å². The Morgan fingerprint density at radius 3 is 2.81 bits per heavy atom. The molecule has 156 valence electrons. The Morgan fingerprint density at radius 2 is 2.00 bits per heavy atom. The molecule has 8 nitrogen and oxygen atoms in total. The zero-order valence-electron chi connectivity index (χ0n) is 17.3. The van der Waals surface area contributed by atoms with Crippen LogP contribution >= 0.6 is 0 Å². The Balaban J connectivity index is 1.50. The molecule has 0 saturated carbocycles. The third kappa shape index (κ3) is 4.24. The van der Waals surface area contributed by atoms with Crippen molar-refractivity contribution in [2.75, 3.05) is 36.6 Å². The first-order chi connectivity index (χ1) is 15.3. The second kappa shape index (κ2) is 8.53. The maximum atomic E-state index is 5.52. The lowest BCUT2D eigenvalue weighted by atomic mass is 10.2. The van der Waals surface area contributed by atoms with Gasteiger partial charge in [-0.25, -0.2) is 9.97 Å². The highest BCUT2D eigenvalue weighted by molar-refractivity contribution is 5.80. The molecule has 1 fully saturated rings. The van der Waals surface area contributed by atoms with E-state index in [-0.39, 0.29) is 0 Å². The van der Waals surface area contributed by atoms with Gasteiger partial charge in [0, 0.05) is 37.2 Å². The number of benzene rings is 1. The normalized spacial score (nSPS) is 14.4. The molecule has 0 spiro atoms. The molecule has 1 N–H and O–H groups in total. The summed E-state index contributed by atoms with van der Waals surface area (Å²) in [5.41, 5.74) is 7.91. The number of hydrazone groups is 1. The number of aromatic nitrogens is 4. The molecule has 1 saturated heterocycles. The van der Waals surface area contributed by atoms with Gasteiger partial charge in [0.25, 0.3) is 0 Å². The summed E-state index contributed by atoms with van der Waals surface area (Å²) in [6.45, 7) is 4.95. The first kappa shape index (κ1) is 19.2. The van der Waals surface area contributed by atoms with Crippen LogP contribution in [0.4, 0.5) is 11.6 Å². The summed E-state index contributed by atoms with van der Waals surface area (Å²) in [7, 11) is 0. The number of hydrogen-bond acceptors (Lipinski definition) is 7. The fourth-order valence-electron chi connectivity index (χ4n) is 3.60. The van der Waals surface area contributed by atoms with Gasteiger partial charge < -0.3 is 9.64 Å². The second-order valence-corrected chi connectivity index (χ2v) is 7.43. The van der Waals surface area contributed by atoms with Gasteiger partial charge in [-0.2, -0.15) is 5.10 Å². The number of aryl methyl sites for hydroxylation is 1. The molecule has 4 aromatic rings. The lowest BCUT2D eigenvalue weighted by Crippen LogP contribution is -2.37. The molecule has 4 heterocycles. The Hall–Kier alpha value is -3.78. The minimum Gasteiger partial charge on any atom is -0.378 e. The summed E-state index contributed by atoms with van der Waals surface area (Å²) >= 11 is 0. The Morgan fingerprint density at radius 1 is 1.10 bits per heavy atom. The number of anilines is 2. The number of ether oxygens (including phenoxy) is 1. The van der Waals surface area contributed by atoms with Crippen molar-refractivity contribution >= 4 is 23.5 Å². The standard InChI is InChI=1S/C23H23N7O/c1-17-4-2-5-18(12-17)13-25-28-21-16-30-15-20(19-6-3-7-24-14-19)26-22(30)23(27-21)29-8-10-31-11-9-29/h2-7,12-16,28H,8-11H2,1H3/b25-13+. The predicted molar refractivity (Wildman–Crippen MR) is 122 cm³/mol. The first-order valence-corrected chi connectivity index (χ1v) is 10.2. The fourth-order valence-corrected chi connectivity index (χ4v) is 3.60. The van der Waals surface area contributed by atoms with Crippen LogP contribution in [-0.4, -0.2) is 51.9 Å².